The Balaban J connectivity index is 1.95. The van der Waals surface area contributed by atoms with Crippen molar-refractivity contribution in [3.8, 4) is 0 Å². The maximum atomic E-state index is 5.86. The monoisotopic (exact) mass is 285 g/mol. The van der Waals surface area contributed by atoms with E-state index in [1.165, 1.54) is 0 Å². The summed E-state index contributed by atoms with van der Waals surface area (Å²) in [4.78, 5) is 11.6. The molecule has 0 fully saturated rings. The van der Waals surface area contributed by atoms with Gasteiger partial charge in [-0.05, 0) is 17.7 Å². The smallest absolute Gasteiger partial charge is 0.129 e. The van der Waals surface area contributed by atoms with Crippen molar-refractivity contribution in [2.45, 2.75) is 45.8 Å². The fourth-order valence-corrected chi connectivity index (χ4v) is 2.60. The van der Waals surface area contributed by atoms with E-state index in [9.17, 15) is 0 Å². The van der Waals surface area contributed by atoms with Crippen LogP contribution >= 0.6 is 0 Å². The van der Waals surface area contributed by atoms with Gasteiger partial charge in [0.25, 0.3) is 0 Å². The molecule has 5 nitrogen and oxygen atoms in total. The van der Waals surface area contributed by atoms with E-state index >= 15 is 0 Å². The van der Waals surface area contributed by atoms with Crippen LogP contribution in [-0.4, -0.2) is 21.1 Å². The van der Waals surface area contributed by atoms with Gasteiger partial charge in [-0.3, -0.25) is 0 Å². The largest absolute Gasteiger partial charge is 0.347 e. The summed E-state index contributed by atoms with van der Waals surface area (Å²) < 4.78 is 2.20. The van der Waals surface area contributed by atoms with Crippen molar-refractivity contribution in [3.05, 3.63) is 41.6 Å². The van der Waals surface area contributed by atoms with E-state index in [2.05, 4.69) is 47.4 Å². The Hall–Kier alpha value is -1.88. The maximum absolute atomic E-state index is 5.86. The van der Waals surface area contributed by atoms with E-state index in [1.54, 1.807) is 0 Å². The summed E-state index contributed by atoms with van der Waals surface area (Å²) in [6.07, 6.45) is 3.90. The van der Waals surface area contributed by atoms with Gasteiger partial charge in [-0.25, -0.2) is 9.97 Å². The Kier molecular flexibility index (Phi) is 3.45. The van der Waals surface area contributed by atoms with Crippen molar-refractivity contribution < 1.29 is 0 Å². The van der Waals surface area contributed by atoms with Crippen LogP contribution in [0.2, 0.25) is 0 Å². The summed E-state index contributed by atoms with van der Waals surface area (Å²) in [5.74, 6) is 2.11. The molecule has 2 aromatic rings. The molecule has 0 bridgehead atoms. The second kappa shape index (κ2) is 5.15. The number of nitrogens with zero attached hydrogens (tertiary/aromatic N) is 4. The first-order valence-corrected chi connectivity index (χ1v) is 7.44. The number of nitrogens with two attached hydrogens (primary N) is 1. The Bertz CT molecular complexity index is 638. The third-order valence-electron chi connectivity index (χ3n) is 3.94. The van der Waals surface area contributed by atoms with Crippen LogP contribution in [0, 0.1) is 0 Å². The van der Waals surface area contributed by atoms with Gasteiger partial charge in [0.15, 0.2) is 0 Å². The molecular weight excluding hydrogens is 262 g/mol. The average Bonchev–Trinajstić information content (AvgIpc) is 2.93. The van der Waals surface area contributed by atoms with Gasteiger partial charge in [-0.15, -0.1) is 0 Å². The number of hydrogen-bond acceptors (Lipinski definition) is 4. The molecule has 0 amide bonds. The number of fused-ring (bicyclic) bond motifs is 1. The van der Waals surface area contributed by atoms with Crippen LogP contribution in [0.4, 0.5) is 5.82 Å². The number of hydrogen-bond donors (Lipinski definition) is 1. The Morgan fingerprint density at radius 1 is 1.24 bits per heavy atom. The van der Waals surface area contributed by atoms with E-state index in [0.29, 0.717) is 6.54 Å². The molecule has 0 saturated carbocycles. The number of rotatable bonds is 2. The van der Waals surface area contributed by atoms with Gasteiger partial charge in [0.2, 0.25) is 0 Å². The number of pyridine rings is 1. The first-order valence-electron chi connectivity index (χ1n) is 7.44. The summed E-state index contributed by atoms with van der Waals surface area (Å²) in [7, 11) is 0. The van der Waals surface area contributed by atoms with E-state index in [-0.39, 0.29) is 5.41 Å². The van der Waals surface area contributed by atoms with Crippen molar-refractivity contribution in [2.75, 3.05) is 11.4 Å². The van der Waals surface area contributed by atoms with Gasteiger partial charge >= 0.3 is 0 Å². The number of imidazole rings is 1. The highest BCUT2D eigenvalue weighted by Gasteiger charge is 2.22. The molecule has 0 radical (unpaired) electrons. The average molecular weight is 285 g/mol. The fraction of sp³-hybridized carbons (Fsp3) is 0.500. The molecule has 3 heterocycles. The van der Waals surface area contributed by atoms with E-state index in [1.807, 2.05) is 12.4 Å². The fourth-order valence-electron chi connectivity index (χ4n) is 2.60. The molecular formula is C16H23N5. The normalized spacial score (nSPS) is 15.1. The molecule has 3 rings (SSSR count). The SMILES string of the molecule is CC(C)(C)c1cc(CN)cc(N2CCn3ccnc3C2)n1. The standard InChI is InChI=1S/C16H23N5/c1-16(2,3)13-8-12(10-17)9-14(19-13)21-7-6-20-5-4-18-15(20)11-21/h4-5,8-9H,6-7,10-11,17H2,1-3H3. The summed E-state index contributed by atoms with van der Waals surface area (Å²) >= 11 is 0. The molecule has 2 aromatic heterocycles. The van der Waals surface area contributed by atoms with Crippen LogP contribution in [0.1, 0.15) is 37.9 Å². The van der Waals surface area contributed by atoms with Gasteiger partial charge < -0.3 is 15.2 Å². The molecule has 0 unspecified atom stereocenters. The van der Waals surface area contributed by atoms with E-state index in [0.717, 1.165) is 42.5 Å². The van der Waals surface area contributed by atoms with Gasteiger partial charge in [0, 0.05) is 43.1 Å². The third-order valence-corrected chi connectivity index (χ3v) is 3.94. The molecule has 0 aromatic carbocycles. The summed E-state index contributed by atoms with van der Waals surface area (Å²) in [6.45, 7) is 9.80. The predicted molar refractivity (Wildman–Crippen MR) is 84.1 cm³/mol. The molecule has 5 heteroatoms. The van der Waals surface area contributed by atoms with Crippen LogP contribution < -0.4 is 10.6 Å². The number of aromatic nitrogens is 3. The van der Waals surface area contributed by atoms with Crippen molar-refractivity contribution in [2.24, 2.45) is 5.73 Å². The second-order valence-corrected chi connectivity index (χ2v) is 6.63. The lowest BCUT2D eigenvalue weighted by Crippen LogP contribution is -2.34. The minimum Gasteiger partial charge on any atom is -0.347 e. The lowest BCUT2D eigenvalue weighted by molar-refractivity contribution is 0.543. The first-order chi connectivity index (χ1) is 9.97. The van der Waals surface area contributed by atoms with Gasteiger partial charge in [0.05, 0.1) is 6.54 Å². The molecule has 1 aliphatic heterocycles. The van der Waals surface area contributed by atoms with Crippen LogP contribution in [0.25, 0.3) is 0 Å². The highest BCUT2D eigenvalue weighted by Crippen LogP contribution is 2.26. The lowest BCUT2D eigenvalue weighted by Gasteiger charge is -2.30. The van der Waals surface area contributed by atoms with Crippen molar-refractivity contribution in [1.29, 1.82) is 0 Å². The maximum Gasteiger partial charge on any atom is 0.129 e. The molecule has 1 aliphatic rings. The van der Waals surface area contributed by atoms with Crippen LogP contribution in [0.15, 0.2) is 24.5 Å². The minimum absolute atomic E-state index is 0.0220. The zero-order valence-electron chi connectivity index (χ0n) is 13.0. The first kappa shape index (κ1) is 14.1. The Labute approximate surface area is 125 Å². The third kappa shape index (κ3) is 2.78. The van der Waals surface area contributed by atoms with Crippen molar-refractivity contribution >= 4 is 5.82 Å². The summed E-state index contributed by atoms with van der Waals surface area (Å²) in [6, 6.07) is 4.22. The Morgan fingerprint density at radius 3 is 2.76 bits per heavy atom. The zero-order chi connectivity index (χ0) is 15.0. The van der Waals surface area contributed by atoms with Crippen molar-refractivity contribution in [1.82, 2.24) is 14.5 Å². The van der Waals surface area contributed by atoms with Crippen LogP contribution in [0.5, 0.6) is 0 Å². The molecule has 2 N–H and O–H groups in total. The minimum atomic E-state index is 0.0220. The Morgan fingerprint density at radius 2 is 2.05 bits per heavy atom. The topological polar surface area (TPSA) is 60.0 Å². The molecule has 0 saturated heterocycles. The highest BCUT2D eigenvalue weighted by atomic mass is 15.3. The second-order valence-electron chi connectivity index (χ2n) is 6.63. The number of anilines is 1. The van der Waals surface area contributed by atoms with E-state index in [4.69, 9.17) is 10.7 Å². The molecule has 0 aliphatic carbocycles. The van der Waals surface area contributed by atoms with Crippen molar-refractivity contribution in [3.63, 3.8) is 0 Å². The highest BCUT2D eigenvalue weighted by molar-refractivity contribution is 5.44. The molecule has 0 spiro atoms. The van der Waals surface area contributed by atoms with Gasteiger partial charge in [-0.1, -0.05) is 20.8 Å². The van der Waals surface area contributed by atoms with Gasteiger partial charge in [0.1, 0.15) is 11.6 Å². The molecule has 21 heavy (non-hydrogen) atoms. The summed E-state index contributed by atoms with van der Waals surface area (Å²) in [5, 5.41) is 0. The predicted octanol–water partition coefficient (Wildman–Crippen LogP) is 2.05. The van der Waals surface area contributed by atoms with Gasteiger partial charge in [-0.2, -0.15) is 0 Å². The van der Waals surface area contributed by atoms with E-state index < -0.39 is 0 Å². The quantitative estimate of drug-likeness (QED) is 0.917. The van der Waals surface area contributed by atoms with Crippen LogP contribution in [0.3, 0.4) is 0 Å². The molecule has 112 valence electrons. The van der Waals surface area contributed by atoms with Crippen LogP contribution in [-0.2, 0) is 25.0 Å². The zero-order valence-corrected chi connectivity index (χ0v) is 13.0. The molecule has 0 atom stereocenters. The summed E-state index contributed by atoms with van der Waals surface area (Å²) in [5.41, 5.74) is 8.11. The lowest BCUT2D eigenvalue weighted by atomic mass is 9.90.